The molecular weight excluding hydrogens is 564 g/mol. The Labute approximate surface area is 264 Å². The molecule has 6 heteroatoms. The number of nitrogens with one attached hydrogen (secondary N) is 2. The van der Waals surface area contributed by atoms with Gasteiger partial charge < -0.3 is 5.32 Å². The lowest BCUT2D eigenvalue weighted by Crippen LogP contribution is -2.41. The van der Waals surface area contributed by atoms with Gasteiger partial charge in [-0.2, -0.15) is 0 Å². The average molecular weight is 611 g/mol. The maximum Gasteiger partial charge on any atom is 0.241 e. The molecule has 0 saturated carbocycles. The highest BCUT2D eigenvalue weighted by Gasteiger charge is 2.34. The molecule has 0 aliphatic carbocycles. The first-order valence-corrected chi connectivity index (χ1v) is 17.1. The molecule has 0 aliphatic heterocycles. The van der Waals surface area contributed by atoms with Gasteiger partial charge in [0.2, 0.25) is 15.9 Å². The Hall–Kier alpha value is -3.74. The van der Waals surface area contributed by atoms with Crippen LogP contribution in [-0.4, -0.2) is 14.3 Å². The number of hydrogen-bond donors (Lipinski definition) is 2. The monoisotopic (exact) mass is 610 g/mol. The zero-order valence-corrected chi connectivity index (χ0v) is 27.6. The molecule has 5 nitrogen and oxygen atoms in total. The Morgan fingerprint density at radius 3 is 1.52 bits per heavy atom. The average Bonchev–Trinajstić information content (AvgIpc) is 3.02. The van der Waals surface area contributed by atoms with Crippen molar-refractivity contribution in [1.82, 2.24) is 10.0 Å². The molecule has 0 heterocycles. The minimum atomic E-state index is -4.05. The van der Waals surface area contributed by atoms with Crippen molar-refractivity contribution >= 4 is 15.9 Å². The Morgan fingerprint density at radius 2 is 1.07 bits per heavy atom. The molecule has 232 valence electrons. The van der Waals surface area contributed by atoms with Crippen molar-refractivity contribution < 1.29 is 13.2 Å². The normalized spacial score (nSPS) is 13.3. The largest absolute Gasteiger partial charge is 0.347 e. The predicted molar refractivity (Wildman–Crippen MR) is 180 cm³/mol. The topological polar surface area (TPSA) is 75.3 Å². The lowest BCUT2D eigenvalue weighted by Gasteiger charge is -2.31. The van der Waals surface area contributed by atoms with Crippen molar-refractivity contribution in [2.24, 2.45) is 0 Å². The minimum absolute atomic E-state index is 0.00411. The number of sulfonamides is 1. The molecule has 0 saturated heterocycles. The van der Waals surface area contributed by atoms with Crippen LogP contribution in [0.3, 0.4) is 0 Å². The van der Waals surface area contributed by atoms with E-state index in [1.54, 1.807) is 0 Å². The van der Waals surface area contributed by atoms with Crippen LogP contribution in [0.25, 0.3) is 0 Å². The van der Waals surface area contributed by atoms with Crippen molar-refractivity contribution in [3.8, 4) is 0 Å². The summed E-state index contributed by atoms with van der Waals surface area (Å²) in [5.41, 5.74) is 5.41. The third kappa shape index (κ3) is 8.25. The summed E-state index contributed by atoms with van der Waals surface area (Å²) in [6.07, 6.45) is 0.876. The SMILES string of the molecule is CC(C)c1cc(C(C)C)c(S(=O)(=O)NC(c2ccccc2)[C@@H](NC(=O)CCc2ccccc2)c2ccccc2)c(C(C)C)c1. The maximum absolute atomic E-state index is 14.7. The molecule has 0 bridgehead atoms. The molecule has 0 aliphatic rings. The van der Waals surface area contributed by atoms with Gasteiger partial charge in [0.25, 0.3) is 0 Å². The van der Waals surface area contributed by atoms with E-state index in [-0.39, 0.29) is 30.1 Å². The van der Waals surface area contributed by atoms with Crippen molar-refractivity contribution in [3.63, 3.8) is 0 Å². The van der Waals surface area contributed by atoms with Crippen LogP contribution < -0.4 is 10.0 Å². The van der Waals surface area contributed by atoms with E-state index < -0.39 is 22.1 Å². The fourth-order valence-corrected chi connectivity index (χ4v) is 7.52. The first kappa shape index (κ1) is 33.2. The number of carbonyl (C=O) groups excluding carboxylic acids is 1. The first-order chi connectivity index (χ1) is 21.0. The predicted octanol–water partition coefficient (Wildman–Crippen LogP) is 8.57. The van der Waals surface area contributed by atoms with Crippen LogP contribution in [-0.2, 0) is 21.2 Å². The van der Waals surface area contributed by atoms with Crippen LogP contribution >= 0.6 is 0 Å². The van der Waals surface area contributed by atoms with Gasteiger partial charge in [0.1, 0.15) is 0 Å². The lowest BCUT2D eigenvalue weighted by atomic mass is 9.89. The Bertz CT molecular complexity index is 1590. The standard InChI is InChI=1S/C38H46N2O3S/c1-26(2)32-24-33(27(3)4)38(34(25-32)28(5)6)44(42,43)40-37(31-20-14-9-15-21-31)36(30-18-12-8-13-19-30)39-35(41)23-22-29-16-10-7-11-17-29/h7-21,24-28,36-37,40H,22-23H2,1-6H3,(H,39,41)/t36-,37?/m0/s1. The van der Waals surface area contributed by atoms with E-state index in [0.29, 0.717) is 11.3 Å². The maximum atomic E-state index is 14.7. The molecule has 1 unspecified atom stereocenters. The van der Waals surface area contributed by atoms with E-state index in [4.69, 9.17) is 0 Å². The fraction of sp³-hybridized carbons (Fsp3) is 0.342. The van der Waals surface area contributed by atoms with Crippen LogP contribution in [0, 0.1) is 0 Å². The Morgan fingerprint density at radius 1 is 0.614 bits per heavy atom. The van der Waals surface area contributed by atoms with Crippen LogP contribution in [0.1, 0.15) is 111 Å². The Balaban J connectivity index is 1.80. The van der Waals surface area contributed by atoms with Gasteiger partial charge >= 0.3 is 0 Å². The molecule has 2 N–H and O–H groups in total. The smallest absolute Gasteiger partial charge is 0.241 e. The number of rotatable bonds is 13. The van der Waals surface area contributed by atoms with Crippen LogP contribution in [0.15, 0.2) is 108 Å². The molecule has 2 atom stereocenters. The summed E-state index contributed by atoms with van der Waals surface area (Å²) in [6.45, 7) is 12.4. The van der Waals surface area contributed by atoms with E-state index in [2.05, 4.69) is 23.9 Å². The number of carbonyl (C=O) groups is 1. The van der Waals surface area contributed by atoms with Gasteiger partial charge in [-0.25, -0.2) is 13.1 Å². The summed E-state index contributed by atoms with van der Waals surface area (Å²) in [5, 5.41) is 3.21. The summed E-state index contributed by atoms with van der Waals surface area (Å²) in [7, 11) is -4.05. The van der Waals surface area contributed by atoms with Gasteiger partial charge in [0, 0.05) is 6.42 Å². The van der Waals surface area contributed by atoms with Crippen LogP contribution in [0.2, 0.25) is 0 Å². The van der Waals surface area contributed by atoms with Gasteiger partial charge in [-0.1, -0.05) is 145 Å². The molecule has 4 rings (SSSR count). The molecule has 1 amide bonds. The number of amides is 1. The molecule has 0 aromatic heterocycles. The van der Waals surface area contributed by atoms with Gasteiger partial charge in [-0.3, -0.25) is 4.79 Å². The first-order valence-electron chi connectivity index (χ1n) is 15.6. The number of benzene rings is 4. The van der Waals surface area contributed by atoms with Crippen molar-refractivity contribution in [1.29, 1.82) is 0 Å². The summed E-state index contributed by atoms with van der Waals surface area (Å²) < 4.78 is 32.4. The molecule has 0 radical (unpaired) electrons. The van der Waals surface area contributed by atoms with E-state index in [9.17, 15) is 13.2 Å². The van der Waals surface area contributed by atoms with Crippen LogP contribution in [0.5, 0.6) is 0 Å². The second-order valence-electron chi connectivity index (χ2n) is 12.4. The molecule has 0 spiro atoms. The second kappa shape index (κ2) is 14.8. The molecule has 4 aromatic carbocycles. The second-order valence-corrected chi connectivity index (χ2v) is 14.1. The van der Waals surface area contributed by atoms with E-state index >= 15 is 0 Å². The Kier molecular flexibility index (Phi) is 11.2. The van der Waals surface area contributed by atoms with E-state index in [0.717, 1.165) is 33.4 Å². The van der Waals surface area contributed by atoms with Gasteiger partial charge in [0.15, 0.2) is 0 Å². The number of hydrogen-bond acceptors (Lipinski definition) is 3. The summed E-state index contributed by atoms with van der Waals surface area (Å²) in [4.78, 5) is 13.8. The van der Waals surface area contributed by atoms with Crippen molar-refractivity contribution in [2.75, 3.05) is 0 Å². The quantitative estimate of drug-likeness (QED) is 0.159. The highest BCUT2D eigenvalue weighted by Crippen LogP contribution is 2.37. The van der Waals surface area contributed by atoms with Gasteiger partial charge in [-0.15, -0.1) is 0 Å². The molecule has 4 aromatic rings. The lowest BCUT2D eigenvalue weighted by molar-refractivity contribution is -0.122. The van der Waals surface area contributed by atoms with Gasteiger partial charge in [0.05, 0.1) is 17.0 Å². The van der Waals surface area contributed by atoms with Crippen molar-refractivity contribution in [2.45, 2.75) is 89.1 Å². The summed E-state index contributed by atoms with van der Waals surface area (Å²) >= 11 is 0. The fourth-order valence-electron chi connectivity index (χ4n) is 5.58. The number of aryl methyl sites for hydroxylation is 1. The molecule has 0 fully saturated rings. The third-order valence-corrected chi connectivity index (χ3v) is 9.65. The summed E-state index contributed by atoms with van der Waals surface area (Å²) in [5.74, 6) is 0.112. The van der Waals surface area contributed by atoms with E-state index in [1.807, 2.05) is 131 Å². The zero-order valence-electron chi connectivity index (χ0n) is 26.7. The minimum Gasteiger partial charge on any atom is -0.347 e. The molecular formula is C38H46N2O3S. The zero-order chi connectivity index (χ0) is 31.9. The summed E-state index contributed by atoms with van der Waals surface area (Å²) in [6, 6.07) is 31.7. The van der Waals surface area contributed by atoms with Crippen LogP contribution in [0.4, 0.5) is 0 Å². The molecule has 44 heavy (non-hydrogen) atoms. The third-order valence-electron chi connectivity index (χ3n) is 8.08. The highest BCUT2D eigenvalue weighted by molar-refractivity contribution is 7.89. The van der Waals surface area contributed by atoms with Crippen molar-refractivity contribution in [3.05, 3.63) is 137 Å². The highest BCUT2D eigenvalue weighted by atomic mass is 32.2. The van der Waals surface area contributed by atoms with E-state index in [1.165, 1.54) is 0 Å². The van der Waals surface area contributed by atoms with Gasteiger partial charge in [-0.05, 0) is 57.6 Å².